The zero-order valence-corrected chi connectivity index (χ0v) is 24.3. The molecule has 5 N–H and O–H groups in total. The maximum absolute atomic E-state index is 13.4. The molecule has 4 rings (SSSR count). The number of anilines is 2. The summed E-state index contributed by atoms with van der Waals surface area (Å²) in [6, 6.07) is 12.9. The van der Waals surface area contributed by atoms with Crippen molar-refractivity contribution >= 4 is 56.6 Å². The molecule has 2 heterocycles. The molecule has 0 fully saturated rings. The number of benzene rings is 2. The molecule has 1 unspecified atom stereocenters. The van der Waals surface area contributed by atoms with Crippen molar-refractivity contribution in [2.24, 2.45) is 5.14 Å². The fraction of sp³-hybridized carbons (Fsp3) is 0.148. The number of hydrogen-bond acceptors (Lipinski definition) is 8. The minimum Gasteiger partial charge on any atom is -0.468 e. The lowest BCUT2D eigenvalue weighted by Crippen LogP contribution is -2.31. The molecule has 1 atom stereocenters. The summed E-state index contributed by atoms with van der Waals surface area (Å²) in [5, 5.41) is 23.3. The number of hydrogen-bond donors (Lipinski definition) is 4. The summed E-state index contributed by atoms with van der Waals surface area (Å²) in [5.41, 5.74) is -0.478. The third-order valence-corrected chi connectivity index (χ3v) is 8.35. The van der Waals surface area contributed by atoms with E-state index in [4.69, 9.17) is 21.2 Å². The lowest BCUT2D eigenvalue weighted by atomic mass is 9.85. The quantitative estimate of drug-likeness (QED) is 0.254. The predicted molar refractivity (Wildman–Crippen MR) is 154 cm³/mol. The Balaban J connectivity index is 1.57. The van der Waals surface area contributed by atoms with Crippen LogP contribution in [0.5, 0.6) is 0 Å². The fourth-order valence-electron chi connectivity index (χ4n) is 4.12. The Bertz CT molecular complexity index is 1780. The van der Waals surface area contributed by atoms with Gasteiger partial charge < -0.3 is 20.4 Å². The molecule has 1 aliphatic heterocycles. The summed E-state index contributed by atoms with van der Waals surface area (Å²) in [6.45, 7) is 1.58. The molecule has 224 valence electrons. The molecule has 0 saturated carbocycles. The van der Waals surface area contributed by atoms with Gasteiger partial charge in [-0.2, -0.15) is 18.4 Å². The van der Waals surface area contributed by atoms with E-state index in [1.165, 1.54) is 30.5 Å². The number of nitrogens with two attached hydrogens (primary N) is 1. The van der Waals surface area contributed by atoms with Crippen molar-refractivity contribution in [1.29, 1.82) is 5.26 Å². The van der Waals surface area contributed by atoms with Crippen molar-refractivity contribution in [3.05, 3.63) is 99.1 Å². The highest BCUT2D eigenvalue weighted by Crippen LogP contribution is 2.41. The van der Waals surface area contributed by atoms with E-state index < -0.39 is 39.5 Å². The second-order valence-corrected chi connectivity index (χ2v) is 12.0. The van der Waals surface area contributed by atoms with Crippen LogP contribution in [0.2, 0.25) is 5.02 Å². The lowest BCUT2D eigenvalue weighted by Gasteiger charge is -2.28. The molecule has 16 heteroatoms. The van der Waals surface area contributed by atoms with E-state index in [2.05, 4.69) is 22.0 Å². The highest BCUT2D eigenvalue weighted by molar-refractivity contribution is 8.03. The number of carbonyl (C=O) groups is 2. The van der Waals surface area contributed by atoms with Crippen LogP contribution in [0, 0.1) is 11.3 Å². The number of nitrogens with one attached hydrogen (secondary N) is 3. The monoisotopic (exact) mass is 651 g/mol. The third-order valence-electron chi connectivity index (χ3n) is 6.08. The number of nitriles is 1. The Morgan fingerprint density at radius 3 is 2.44 bits per heavy atom. The molecule has 0 bridgehead atoms. The van der Waals surface area contributed by atoms with Crippen LogP contribution in [-0.2, 0) is 25.8 Å². The van der Waals surface area contributed by atoms with Crippen LogP contribution >= 0.6 is 23.4 Å². The average molecular weight is 652 g/mol. The Kier molecular flexibility index (Phi) is 9.26. The number of rotatable bonds is 8. The van der Waals surface area contributed by atoms with Crippen molar-refractivity contribution in [2.45, 2.75) is 23.9 Å². The van der Waals surface area contributed by atoms with Gasteiger partial charge in [0.25, 0.3) is 5.91 Å². The number of alkyl halides is 3. The summed E-state index contributed by atoms with van der Waals surface area (Å²) in [7, 11) is -3.94. The number of nitrogens with zero attached hydrogens (tertiary/aromatic N) is 1. The van der Waals surface area contributed by atoms with Crippen LogP contribution < -0.4 is 21.1 Å². The van der Waals surface area contributed by atoms with Gasteiger partial charge in [-0.1, -0.05) is 23.4 Å². The van der Waals surface area contributed by atoms with E-state index in [-0.39, 0.29) is 49.0 Å². The molecule has 43 heavy (non-hydrogen) atoms. The van der Waals surface area contributed by atoms with E-state index in [1.54, 1.807) is 19.1 Å². The van der Waals surface area contributed by atoms with Crippen LogP contribution in [-0.4, -0.2) is 26.0 Å². The first-order chi connectivity index (χ1) is 20.2. The first-order valence-electron chi connectivity index (χ1n) is 12.1. The lowest BCUT2D eigenvalue weighted by molar-refractivity contribution is -0.137. The number of allylic oxidation sites excluding steroid dienone is 2. The molecule has 1 aliphatic rings. The Hall–Kier alpha value is -4.23. The molecule has 0 saturated heterocycles. The maximum Gasteiger partial charge on any atom is 0.416 e. The molecular formula is C27H21ClF3N5O5S2. The van der Waals surface area contributed by atoms with Crippen LogP contribution in [0.25, 0.3) is 0 Å². The van der Waals surface area contributed by atoms with Crippen molar-refractivity contribution in [2.75, 3.05) is 16.4 Å². The topological polar surface area (TPSA) is 167 Å². The van der Waals surface area contributed by atoms with Gasteiger partial charge in [-0.3, -0.25) is 9.59 Å². The summed E-state index contributed by atoms with van der Waals surface area (Å²) in [4.78, 5) is 26.0. The molecule has 0 aliphatic carbocycles. The standard InChI is InChI=1S/C27H21ClF3N5O5S2/c1-14-23(25(38)35-16-5-7-17(8-6-16)43(33,39)40)24(21-3-2-10-41-21)18(12-32)26(34-14)42-13-22(37)36-20-11-15(27(29,30)31)4-9-19(20)28/h2-11,24,34H,13H2,1H3,(H,35,38)(H,36,37)(H2,33,39,40). The first-order valence-corrected chi connectivity index (χ1v) is 15.0. The largest absolute Gasteiger partial charge is 0.468 e. The molecule has 2 aromatic carbocycles. The predicted octanol–water partition coefficient (Wildman–Crippen LogP) is 5.31. The number of thioether (sulfide) groups is 1. The molecule has 0 radical (unpaired) electrons. The SMILES string of the molecule is CC1=C(C(=O)Nc2ccc(S(N)(=O)=O)cc2)C(c2ccco2)C(C#N)=C(SCC(=O)Nc2cc(C(F)(F)F)ccc2Cl)N1. The first kappa shape index (κ1) is 31.7. The van der Waals surface area contributed by atoms with Gasteiger partial charge in [-0.05, 0) is 61.5 Å². The number of primary sulfonamides is 1. The maximum atomic E-state index is 13.4. The minimum absolute atomic E-state index is 0.0465. The van der Waals surface area contributed by atoms with Crippen LogP contribution in [0.3, 0.4) is 0 Å². The smallest absolute Gasteiger partial charge is 0.416 e. The number of furan rings is 1. The number of halogens is 4. The number of carbonyl (C=O) groups excluding carboxylic acids is 2. The number of amides is 2. The van der Waals surface area contributed by atoms with Gasteiger partial charge >= 0.3 is 6.18 Å². The zero-order valence-electron chi connectivity index (χ0n) is 22.0. The normalized spacial score (nSPS) is 15.5. The van der Waals surface area contributed by atoms with E-state index in [0.29, 0.717) is 5.70 Å². The molecule has 10 nitrogen and oxygen atoms in total. The Morgan fingerprint density at radius 1 is 1.16 bits per heavy atom. The van der Waals surface area contributed by atoms with Crippen LogP contribution in [0.1, 0.15) is 24.2 Å². The summed E-state index contributed by atoms with van der Waals surface area (Å²) < 4.78 is 67.9. The van der Waals surface area contributed by atoms with Gasteiger partial charge in [0.15, 0.2) is 0 Å². The van der Waals surface area contributed by atoms with Crippen molar-refractivity contribution in [3.63, 3.8) is 0 Å². The van der Waals surface area contributed by atoms with E-state index in [9.17, 15) is 36.4 Å². The summed E-state index contributed by atoms with van der Waals surface area (Å²) in [6.07, 6.45) is -3.27. The Morgan fingerprint density at radius 2 is 1.86 bits per heavy atom. The molecule has 0 spiro atoms. The van der Waals surface area contributed by atoms with E-state index in [0.717, 1.165) is 30.0 Å². The van der Waals surface area contributed by atoms with Gasteiger partial charge in [0.2, 0.25) is 15.9 Å². The van der Waals surface area contributed by atoms with E-state index >= 15 is 0 Å². The summed E-state index contributed by atoms with van der Waals surface area (Å²) in [5.74, 6) is -2.38. The highest BCUT2D eigenvalue weighted by atomic mass is 35.5. The third kappa shape index (κ3) is 7.41. The van der Waals surface area contributed by atoms with Gasteiger partial charge in [0.1, 0.15) is 5.76 Å². The van der Waals surface area contributed by atoms with Crippen molar-refractivity contribution in [3.8, 4) is 6.07 Å². The molecule has 2 amide bonds. The van der Waals surface area contributed by atoms with Crippen molar-refractivity contribution in [1.82, 2.24) is 5.32 Å². The molecular weight excluding hydrogens is 631 g/mol. The van der Waals surface area contributed by atoms with Gasteiger partial charge in [0, 0.05) is 11.4 Å². The average Bonchev–Trinajstić information content (AvgIpc) is 3.46. The molecule has 1 aromatic heterocycles. The highest BCUT2D eigenvalue weighted by Gasteiger charge is 2.37. The van der Waals surface area contributed by atoms with Crippen LogP contribution in [0.15, 0.2) is 92.0 Å². The van der Waals surface area contributed by atoms with Gasteiger partial charge in [-0.25, -0.2) is 13.6 Å². The summed E-state index contributed by atoms with van der Waals surface area (Å²) >= 11 is 6.86. The zero-order chi connectivity index (χ0) is 31.5. The fourth-order valence-corrected chi connectivity index (χ4v) is 5.69. The van der Waals surface area contributed by atoms with Crippen LogP contribution in [0.4, 0.5) is 24.5 Å². The Labute approximate surface area is 252 Å². The molecule has 3 aromatic rings. The number of sulfonamides is 1. The van der Waals surface area contributed by atoms with Gasteiger partial charge in [-0.15, -0.1) is 0 Å². The minimum atomic E-state index is -4.64. The van der Waals surface area contributed by atoms with Gasteiger partial charge in [0.05, 0.1) is 61.3 Å². The van der Waals surface area contributed by atoms with E-state index in [1.807, 2.05) is 0 Å². The number of dihydropyridines is 1. The second-order valence-electron chi connectivity index (χ2n) is 9.02. The van der Waals surface area contributed by atoms with Crippen molar-refractivity contribution < 1.29 is 35.6 Å². The second kappa shape index (κ2) is 12.6.